The lowest BCUT2D eigenvalue weighted by atomic mass is 10.0. The first kappa shape index (κ1) is 24.1. The summed E-state index contributed by atoms with van der Waals surface area (Å²) in [5.41, 5.74) is 0.897. The summed E-state index contributed by atoms with van der Waals surface area (Å²) >= 11 is 0. The van der Waals surface area contributed by atoms with Gasteiger partial charge in [0, 0.05) is 18.6 Å². The number of aromatic hydroxyl groups is 1. The van der Waals surface area contributed by atoms with Gasteiger partial charge in [-0.1, -0.05) is 63.3 Å². The minimum atomic E-state index is -0.263. The third-order valence-electron chi connectivity index (χ3n) is 5.14. The molecule has 0 radical (unpaired) electrons. The van der Waals surface area contributed by atoms with Gasteiger partial charge < -0.3 is 19.3 Å². The Morgan fingerprint density at radius 3 is 2.20 bits per heavy atom. The lowest BCUT2D eigenvalue weighted by Crippen LogP contribution is -2.20. The summed E-state index contributed by atoms with van der Waals surface area (Å²) in [5.74, 6) is 2.02. The van der Waals surface area contributed by atoms with Crippen molar-refractivity contribution in [1.82, 2.24) is 0 Å². The zero-order valence-electron chi connectivity index (χ0n) is 18.6. The van der Waals surface area contributed by atoms with Crippen molar-refractivity contribution in [3.63, 3.8) is 0 Å². The molecule has 0 fully saturated rings. The van der Waals surface area contributed by atoms with Crippen molar-refractivity contribution in [3.8, 4) is 17.2 Å². The first-order valence-electron chi connectivity index (χ1n) is 11.5. The molecule has 2 aromatic carbocycles. The summed E-state index contributed by atoms with van der Waals surface area (Å²) in [4.78, 5) is 0. The monoisotopic (exact) mass is 414 g/mol. The van der Waals surface area contributed by atoms with Crippen LogP contribution in [-0.2, 0) is 11.2 Å². The average molecular weight is 415 g/mol. The fraction of sp³-hybridized carbons (Fsp3) is 0.538. The molecule has 166 valence electrons. The fourth-order valence-electron chi connectivity index (χ4n) is 3.47. The third-order valence-corrected chi connectivity index (χ3v) is 5.14. The average Bonchev–Trinajstić information content (AvgIpc) is 2.77. The fourth-order valence-corrected chi connectivity index (χ4v) is 3.47. The van der Waals surface area contributed by atoms with Crippen LogP contribution in [0.5, 0.6) is 17.2 Å². The van der Waals surface area contributed by atoms with Gasteiger partial charge in [0.1, 0.15) is 17.2 Å². The van der Waals surface area contributed by atoms with E-state index in [-0.39, 0.29) is 6.29 Å². The van der Waals surface area contributed by atoms with Crippen LogP contribution in [0, 0.1) is 0 Å². The Labute approximate surface area is 182 Å². The number of unbranched alkanes of at least 4 members (excludes halogenated alkanes) is 6. The van der Waals surface area contributed by atoms with E-state index in [2.05, 4.69) is 0 Å². The van der Waals surface area contributed by atoms with Gasteiger partial charge in [-0.05, 0) is 50.5 Å². The smallest absolute Gasteiger partial charge is 0.199 e. The molecular weight excluding hydrogens is 376 g/mol. The number of para-hydroxylation sites is 1. The molecule has 1 unspecified atom stereocenters. The van der Waals surface area contributed by atoms with Crippen LogP contribution in [0.2, 0.25) is 0 Å². The molecule has 0 amide bonds. The molecule has 2 aromatic rings. The van der Waals surface area contributed by atoms with Gasteiger partial charge in [0.2, 0.25) is 0 Å². The van der Waals surface area contributed by atoms with Crippen molar-refractivity contribution in [2.45, 2.75) is 77.9 Å². The molecule has 2 rings (SSSR count). The van der Waals surface area contributed by atoms with E-state index in [1.807, 2.05) is 56.3 Å². The standard InChI is InChI=1S/C26H38O4/c1-3-26(28-4-2)30-25-20-15-19-24(27)23(25)18-13-8-6-5-7-9-14-21-29-22-16-11-10-12-17-22/h10-12,15-17,19-20,26-27H,3-9,13-14,18,21H2,1-2H3. The first-order valence-corrected chi connectivity index (χ1v) is 11.5. The minimum Gasteiger partial charge on any atom is -0.508 e. The van der Waals surface area contributed by atoms with Crippen LogP contribution in [0.15, 0.2) is 48.5 Å². The van der Waals surface area contributed by atoms with Crippen molar-refractivity contribution in [3.05, 3.63) is 54.1 Å². The van der Waals surface area contributed by atoms with E-state index in [1.165, 1.54) is 25.7 Å². The first-order chi connectivity index (χ1) is 14.7. The third kappa shape index (κ3) is 9.08. The van der Waals surface area contributed by atoms with Crippen molar-refractivity contribution in [1.29, 1.82) is 0 Å². The van der Waals surface area contributed by atoms with Crippen LogP contribution in [0.1, 0.15) is 70.8 Å². The lowest BCUT2D eigenvalue weighted by Gasteiger charge is -2.20. The molecule has 0 spiro atoms. The van der Waals surface area contributed by atoms with Gasteiger partial charge in [-0.25, -0.2) is 0 Å². The second-order valence-electron chi connectivity index (χ2n) is 7.55. The topological polar surface area (TPSA) is 47.9 Å². The molecule has 4 heteroatoms. The van der Waals surface area contributed by atoms with Gasteiger partial charge in [0.15, 0.2) is 6.29 Å². The summed E-state index contributed by atoms with van der Waals surface area (Å²) in [5, 5.41) is 10.3. The Kier molecular flexibility index (Phi) is 11.8. The molecule has 0 aliphatic heterocycles. The van der Waals surface area contributed by atoms with Gasteiger partial charge in [-0.2, -0.15) is 0 Å². The van der Waals surface area contributed by atoms with E-state index in [0.29, 0.717) is 12.4 Å². The van der Waals surface area contributed by atoms with E-state index >= 15 is 0 Å². The molecule has 0 saturated heterocycles. The highest BCUT2D eigenvalue weighted by Gasteiger charge is 2.13. The highest BCUT2D eigenvalue weighted by molar-refractivity contribution is 5.44. The van der Waals surface area contributed by atoms with Gasteiger partial charge in [0.05, 0.1) is 6.61 Å². The second-order valence-corrected chi connectivity index (χ2v) is 7.55. The Bertz CT molecular complexity index is 687. The normalized spacial score (nSPS) is 11.9. The zero-order valence-corrected chi connectivity index (χ0v) is 18.6. The van der Waals surface area contributed by atoms with Gasteiger partial charge in [0.25, 0.3) is 0 Å². The zero-order chi connectivity index (χ0) is 21.4. The summed E-state index contributed by atoms with van der Waals surface area (Å²) < 4.78 is 17.3. The molecule has 4 nitrogen and oxygen atoms in total. The van der Waals surface area contributed by atoms with Crippen molar-refractivity contribution in [2.75, 3.05) is 13.2 Å². The Balaban J connectivity index is 1.59. The maximum absolute atomic E-state index is 10.3. The molecule has 0 saturated carbocycles. The summed E-state index contributed by atoms with van der Waals surface area (Å²) in [6.45, 7) is 5.41. The van der Waals surface area contributed by atoms with Crippen LogP contribution in [0.4, 0.5) is 0 Å². The number of ether oxygens (including phenoxy) is 3. The van der Waals surface area contributed by atoms with E-state index < -0.39 is 0 Å². The van der Waals surface area contributed by atoms with Crippen LogP contribution in [0.25, 0.3) is 0 Å². The number of hydrogen-bond acceptors (Lipinski definition) is 4. The molecule has 0 aliphatic carbocycles. The van der Waals surface area contributed by atoms with Gasteiger partial charge >= 0.3 is 0 Å². The largest absolute Gasteiger partial charge is 0.508 e. The van der Waals surface area contributed by atoms with Crippen LogP contribution in [0.3, 0.4) is 0 Å². The van der Waals surface area contributed by atoms with E-state index in [9.17, 15) is 5.11 Å². The Hall–Kier alpha value is -2.20. The molecular formula is C26H38O4. The second kappa shape index (κ2) is 14.7. The Morgan fingerprint density at radius 1 is 0.800 bits per heavy atom. The summed E-state index contributed by atoms with van der Waals surface area (Å²) in [7, 11) is 0. The minimum absolute atomic E-state index is 0.263. The molecule has 0 aromatic heterocycles. The highest BCUT2D eigenvalue weighted by Crippen LogP contribution is 2.30. The molecule has 0 aliphatic rings. The van der Waals surface area contributed by atoms with Crippen molar-refractivity contribution < 1.29 is 19.3 Å². The highest BCUT2D eigenvalue weighted by atomic mass is 16.7. The van der Waals surface area contributed by atoms with Crippen LogP contribution in [-0.4, -0.2) is 24.6 Å². The summed E-state index contributed by atoms with van der Waals surface area (Å²) in [6.07, 6.45) is 9.59. The van der Waals surface area contributed by atoms with Crippen LogP contribution >= 0.6 is 0 Å². The maximum Gasteiger partial charge on any atom is 0.199 e. The predicted octanol–water partition coefficient (Wildman–Crippen LogP) is 6.90. The summed E-state index contributed by atoms with van der Waals surface area (Å²) in [6, 6.07) is 15.5. The molecule has 30 heavy (non-hydrogen) atoms. The number of benzene rings is 2. The van der Waals surface area contributed by atoms with Crippen LogP contribution < -0.4 is 9.47 Å². The van der Waals surface area contributed by atoms with Crippen molar-refractivity contribution >= 4 is 0 Å². The number of phenolic OH excluding ortho intramolecular Hbond substituents is 1. The number of hydrogen-bond donors (Lipinski definition) is 1. The maximum atomic E-state index is 10.3. The Morgan fingerprint density at radius 2 is 1.50 bits per heavy atom. The molecule has 1 atom stereocenters. The number of rotatable bonds is 16. The van der Waals surface area contributed by atoms with Gasteiger partial charge in [-0.3, -0.25) is 0 Å². The van der Waals surface area contributed by atoms with E-state index in [0.717, 1.165) is 55.8 Å². The quantitative estimate of drug-likeness (QED) is 0.240. The van der Waals surface area contributed by atoms with E-state index in [4.69, 9.17) is 14.2 Å². The SMILES string of the molecule is CCOC(CC)Oc1cccc(O)c1CCCCCCCCCOc1ccccc1. The molecule has 0 heterocycles. The lowest BCUT2D eigenvalue weighted by molar-refractivity contribution is -0.0771. The van der Waals surface area contributed by atoms with Crippen molar-refractivity contribution in [2.24, 2.45) is 0 Å². The molecule has 1 N–H and O–H groups in total. The number of phenols is 1. The molecule has 0 bridgehead atoms. The van der Waals surface area contributed by atoms with Gasteiger partial charge in [-0.15, -0.1) is 0 Å². The predicted molar refractivity (Wildman–Crippen MR) is 122 cm³/mol. The van der Waals surface area contributed by atoms with E-state index in [1.54, 1.807) is 6.07 Å².